The van der Waals surface area contributed by atoms with E-state index in [4.69, 9.17) is 10.5 Å². The predicted molar refractivity (Wildman–Crippen MR) is 124 cm³/mol. The maximum absolute atomic E-state index is 13.0. The van der Waals surface area contributed by atoms with Gasteiger partial charge in [-0.1, -0.05) is 12.8 Å². The Labute approximate surface area is 193 Å². The van der Waals surface area contributed by atoms with Gasteiger partial charge in [0.05, 0.1) is 41.3 Å². The number of methoxy groups -OCH3 is 1. The number of anilines is 1. The van der Waals surface area contributed by atoms with Crippen LogP contribution in [0.3, 0.4) is 0 Å². The van der Waals surface area contributed by atoms with Gasteiger partial charge in [-0.25, -0.2) is 4.68 Å². The predicted octanol–water partition coefficient (Wildman–Crippen LogP) is 2.44. The Kier molecular flexibility index (Phi) is 6.78. The number of carbonyl (C=O) groups excluding carboxylic acids is 3. The first-order valence-electron chi connectivity index (χ1n) is 11.5. The summed E-state index contributed by atoms with van der Waals surface area (Å²) in [6.45, 7) is 3.45. The summed E-state index contributed by atoms with van der Waals surface area (Å²) in [6.07, 6.45) is 4.67. The lowest BCUT2D eigenvalue weighted by Crippen LogP contribution is -2.42. The van der Waals surface area contributed by atoms with Crippen LogP contribution < -0.4 is 11.1 Å². The van der Waals surface area contributed by atoms with E-state index in [1.165, 1.54) is 0 Å². The number of Topliss-reactive ketones (excluding diaryl/α,β-unsaturated/α-hetero) is 1. The standard InChI is InChI=1S/C24H31N5O4/c1-15-22-20(13-28(14-21(22)30)24(32)16-6-3-4-7-16)29(27-15)17-8-9-18(23(25)31)19(12-17)26-10-5-11-33-2/h8-9,12,16,26H,3-7,10-11,13-14H2,1-2H3,(H2,25,31). The van der Waals surface area contributed by atoms with E-state index in [1.807, 2.05) is 13.0 Å². The van der Waals surface area contributed by atoms with Crippen molar-refractivity contribution in [2.75, 3.05) is 32.1 Å². The third-order valence-corrected chi connectivity index (χ3v) is 6.48. The van der Waals surface area contributed by atoms with Crippen molar-refractivity contribution in [3.63, 3.8) is 0 Å². The number of nitrogens with two attached hydrogens (primary N) is 1. The van der Waals surface area contributed by atoms with Crippen molar-refractivity contribution in [3.05, 3.63) is 40.7 Å². The molecule has 1 aromatic heterocycles. The molecule has 1 aliphatic carbocycles. The highest BCUT2D eigenvalue weighted by molar-refractivity contribution is 6.03. The molecule has 1 aromatic carbocycles. The second kappa shape index (κ2) is 9.74. The number of amides is 2. The Hall–Kier alpha value is -3.20. The van der Waals surface area contributed by atoms with Gasteiger partial charge in [-0.15, -0.1) is 0 Å². The van der Waals surface area contributed by atoms with E-state index in [-0.39, 0.29) is 24.2 Å². The van der Waals surface area contributed by atoms with Gasteiger partial charge in [-0.05, 0) is 44.4 Å². The van der Waals surface area contributed by atoms with E-state index in [1.54, 1.807) is 28.8 Å². The number of benzene rings is 1. The Morgan fingerprint density at radius 3 is 2.70 bits per heavy atom. The van der Waals surface area contributed by atoms with Gasteiger partial charge in [-0.2, -0.15) is 5.10 Å². The van der Waals surface area contributed by atoms with E-state index in [0.717, 1.165) is 32.1 Å². The highest BCUT2D eigenvalue weighted by Crippen LogP contribution is 2.31. The summed E-state index contributed by atoms with van der Waals surface area (Å²) in [5, 5.41) is 7.87. The van der Waals surface area contributed by atoms with Crippen molar-refractivity contribution < 1.29 is 19.1 Å². The summed E-state index contributed by atoms with van der Waals surface area (Å²) in [6, 6.07) is 5.23. The number of carbonyl (C=O) groups is 3. The lowest BCUT2D eigenvalue weighted by Gasteiger charge is -2.29. The Balaban J connectivity index is 1.66. The van der Waals surface area contributed by atoms with E-state index >= 15 is 0 Å². The minimum absolute atomic E-state index is 0.00886. The molecule has 3 N–H and O–H groups in total. The molecule has 9 nitrogen and oxygen atoms in total. The third-order valence-electron chi connectivity index (χ3n) is 6.48. The van der Waals surface area contributed by atoms with Gasteiger partial charge < -0.3 is 20.7 Å². The maximum atomic E-state index is 13.0. The molecule has 2 heterocycles. The van der Waals surface area contributed by atoms with Crippen molar-refractivity contribution >= 4 is 23.3 Å². The van der Waals surface area contributed by atoms with Crippen molar-refractivity contribution in [3.8, 4) is 5.69 Å². The fourth-order valence-electron chi connectivity index (χ4n) is 4.84. The first-order chi connectivity index (χ1) is 15.9. The largest absolute Gasteiger partial charge is 0.385 e. The number of fused-ring (bicyclic) bond motifs is 1. The number of ether oxygens (including phenoxy) is 1. The first kappa shape index (κ1) is 23.0. The van der Waals surface area contributed by atoms with Gasteiger partial charge in [0.2, 0.25) is 5.91 Å². The van der Waals surface area contributed by atoms with Crippen molar-refractivity contribution in [1.29, 1.82) is 0 Å². The molecular weight excluding hydrogens is 422 g/mol. The quantitative estimate of drug-likeness (QED) is 0.593. The number of primary amides is 1. The highest BCUT2D eigenvalue weighted by Gasteiger charge is 2.35. The van der Waals surface area contributed by atoms with Crippen molar-refractivity contribution in [1.82, 2.24) is 14.7 Å². The number of hydrogen-bond donors (Lipinski definition) is 2. The van der Waals surface area contributed by atoms with E-state index in [9.17, 15) is 14.4 Å². The Bertz CT molecular complexity index is 1070. The van der Waals surface area contributed by atoms with Gasteiger partial charge in [0.1, 0.15) is 0 Å². The molecule has 2 amide bonds. The van der Waals surface area contributed by atoms with Crippen LogP contribution in [0.15, 0.2) is 18.2 Å². The summed E-state index contributed by atoms with van der Waals surface area (Å²) in [4.78, 5) is 39.6. The molecular formula is C24H31N5O4. The van der Waals surface area contributed by atoms with Crippen LogP contribution >= 0.6 is 0 Å². The van der Waals surface area contributed by atoms with Crippen LogP contribution in [0.2, 0.25) is 0 Å². The number of aryl methyl sites for hydroxylation is 1. The third kappa shape index (κ3) is 4.64. The van der Waals surface area contributed by atoms with E-state index in [0.29, 0.717) is 53.6 Å². The number of nitrogens with one attached hydrogen (secondary N) is 1. The molecule has 2 aliphatic rings. The lowest BCUT2D eigenvalue weighted by atomic mass is 10.00. The summed E-state index contributed by atoms with van der Waals surface area (Å²) in [7, 11) is 1.64. The number of hydrogen-bond acceptors (Lipinski definition) is 6. The topological polar surface area (TPSA) is 120 Å². The molecule has 2 aromatic rings. The molecule has 0 radical (unpaired) electrons. The SMILES string of the molecule is COCCCNc1cc(-n2nc(C)c3c2CN(C(=O)C2CCCC2)CC3=O)ccc1C(N)=O. The summed E-state index contributed by atoms with van der Waals surface area (Å²) in [5.74, 6) is -0.549. The minimum atomic E-state index is -0.530. The average Bonchev–Trinajstić information content (AvgIpc) is 3.44. The van der Waals surface area contributed by atoms with Gasteiger partial charge >= 0.3 is 0 Å². The van der Waals surface area contributed by atoms with E-state index < -0.39 is 5.91 Å². The van der Waals surface area contributed by atoms with Crippen molar-refractivity contribution in [2.45, 2.75) is 45.6 Å². The Morgan fingerprint density at radius 2 is 2.00 bits per heavy atom. The minimum Gasteiger partial charge on any atom is -0.385 e. The molecule has 1 saturated carbocycles. The van der Waals surface area contributed by atoms with E-state index in [2.05, 4.69) is 10.4 Å². The van der Waals surface area contributed by atoms with Crippen molar-refractivity contribution in [2.24, 2.45) is 11.7 Å². The van der Waals surface area contributed by atoms with Gasteiger partial charge in [0.25, 0.3) is 5.91 Å². The summed E-state index contributed by atoms with van der Waals surface area (Å²) >= 11 is 0. The molecule has 33 heavy (non-hydrogen) atoms. The molecule has 1 fully saturated rings. The fraction of sp³-hybridized carbons (Fsp3) is 0.500. The van der Waals surface area contributed by atoms with Gasteiger partial charge in [-0.3, -0.25) is 14.4 Å². The molecule has 0 saturated heterocycles. The number of ketones is 1. The molecule has 0 bridgehead atoms. The average molecular weight is 454 g/mol. The molecule has 176 valence electrons. The first-order valence-corrected chi connectivity index (χ1v) is 11.5. The number of aromatic nitrogens is 2. The van der Waals surface area contributed by atoms with Crippen LogP contribution in [-0.4, -0.2) is 59.1 Å². The van der Waals surface area contributed by atoms with Crippen LogP contribution in [-0.2, 0) is 16.1 Å². The lowest BCUT2D eigenvalue weighted by molar-refractivity contribution is -0.135. The van der Waals surface area contributed by atoms with Crippen LogP contribution in [0.5, 0.6) is 0 Å². The maximum Gasteiger partial charge on any atom is 0.250 e. The molecule has 0 unspecified atom stereocenters. The molecule has 1 aliphatic heterocycles. The molecule has 0 atom stereocenters. The van der Waals surface area contributed by atoms with Gasteiger partial charge in [0.15, 0.2) is 5.78 Å². The highest BCUT2D eigenvalue weighted by atomic mass is 16.5. The summed E-state index contributed by atoms with van der Waals surface area (Å²) in [5.41, 5.74) is 9.15. The van der Waals surface area contributed by atoms with Crippen LogP contribution in [0.1, 0.15) is 64.2 Å². The van der Waals surface area contributed by atoms with Gasteiger partial charge in [0, 0.05) is 31.9 Å². The zero-order valence-electron chi connectivity index (χ0n) is 19.2. The van der Waals surface area contributed by atoms with Crippen LogP contribution in [0.4, 0.5) is 5.69 Å². The fourth-order valence-corrected chi connectivity index (χ4v) is 4.84. The Morgan fingerprint density at radius 1 is 1.24 bits per heavy atom. The van der Waals surface area contributed by atoms with Crippen LogP contribution in [0, 0.1) is 12.8 Å². The normalized spacial score (nSPS) is 16.2. The van der Waals surface area contributed by atoms with Crippen LogP contribution in [0.25, 0.3) is 5.69 Å². The number of nitrogens with zero attached hydrogens (tertiary/aromatic N) is 3. The zero-order valence-corrected chi connectivity index (χ0v) is 19.2. The summed E-state index contributed by atoms with van der Waals surface area (Å²) < 4.78 is 6.79. The molecule has 9 heteroatoms. The molecule has 4 rings (SSSR count). The second-order valence-electron chi connectivity index (χ2n) is 8.79. The monoisotopic (exact) mass is 453 g/mol. The second-order valence-corrected chi connectivity index (χ2v) is 8.79. The number of rotatable bonds is 8. The smallest absolute Gasteiger partial charge is 0.250 e. The zero-order chi connectivity index (χ0) is 23.5. The molecule has 0 spiro atoms.